The number of hydrogen-bond donors (Lipinski definition) is 7. The Morgan fingerprint density at radius 2 is 1.59 bits per heavy atom. The number of aliphatic carboxylic acids is 2. The van der Waals surface area contributed by atoms with Gasteiger partial charge in [-0.15, -0.1) is 0 Å². The molecule has 3 aromatic carbocycles. The summed E-state index contributed by atoms with van der Waals surface area (Å²) in [5, 5.41) is 28.5. The maximum absolute atomic E-state index is 13.8. The number of aromatic amines is 1. The van der Waals surface area contributed by atoms with Crippen molar-refractivity contribution in [3.05, 3.63) is 111 Å². The number of hydrogen-bond acceptors (Lipinski definition) is 14. The molecule has 0 saturated heterocycles. The van der Waals surface area contributed by atoms with Gasteiger partial charge in [0.25, 0.3) is 11.8 Å². The predicted molar refractivity (Wildman–Crippen MR) is 209 cm³/mol. The molecule has 0 aliphatic rings. The third-order valence-electron chi connectivity index (χ3n) is 8.12. The molecular weight excluding hydrogens is 832 g/mol. The molecule has 0 bridgehead atoms. The molecule has 0 radical (unpaired) electrons. The van der Waals surface area contributed by atoms with E-state index in [2.05, 4.69) is 50.3 Å². The van der Waals surface area contributed by atoms with Crippen LogP contribution in [0.3, 0.4) is 0 Å². The number of alkyl halides is 3. The van der Waals surface area contributed by atoms with Gasteiger partial charge in [0.1, 0.15) is 18.3 Å². The van der Waals surface area contributed by atoms with Crippen LogP contribution in [0.1, 0.15) is 50.4 Å². The quantitative estimate of drug-likeness (QED) is 0.0439. The minimum atomic E-state index is -4.81. The summed E-state index contributed by atoms with van der Waals surface area (Å²) >= 11 is 0. The molecule has 61 heavy (non-hydrogen) atoms. The number of carbonyl (C=O) groups excluding carboxylic acids is 2. The number of phosphoric acid groups is 1. The number of benzene rings is 3. The van der Waals surface area contributed by atoms with Gasteiger partial charge in [-0.2, -0.15) is 18.2 Å². The van der Waals surface area contributed by atoms with E-state index in [0.29, 0.717) is 23.4 Å². The Morgan fingerprint density at radius 1 is 0.918 bits per heavy atom. The van der Waals surface area contributed by atoms with Gasteiger partial charge in [-0.3, -0.25) is 23.7 Å². The first-order chi connectivity index (χ1) is 29.0. The van der Waals surface area contributed by atoms with Crippen LogP contribution in [0.25, 0.3) is 11.2 Å². The molecule has 5 rings (SSSR count). The van der Waals surface area contributed by atoms with Crippen LogP contribution in [-0.2, 0) is 47.1 Å². The van der Waals surface area contributed by atoms with Gasteiger partial charge in [0.15, 0.2) is 11.2 Å². The zero-order valence-electron chi connectivity index (χ0n) is 31.0. The van der Waals surface area contributed by atoms with Gasteiger partial charge in [0.05, 0.1) is 41.9 Å². The fourth-order valence-corrected chi connectivity index (χ4v) is 5.90. The summed E-state index contributed by atoms with van der Waals surface area (Å²) in [7, 11) is -4.25. The van der Waals surface area contributed by atoms with Crippen molar-refractivity contribution in [1.82, 2.24) is 25.3 Å². The molecule has 314 valence electrons. The summed E-state index contributed by atoms with van der Waals surface area (Å²) in [6.45, 7) is -0.311. The van der Waals surface area contributed by atoms with Gasteiger partial charge in [0, 0.05) is 23.4 Å². The summed E-state index contributed by atoms with van der Waals surface area (Å²) in [6, 6.07) is 12.4. The number of phosphoric ester groups is 1. The van der Waals surface area contributed by atoms with Crippen LogP contribution in [0.4, 0.5) is 36.2 Å². The highest BCUT2D eigenvalue weighted by molar-refractivity contribution is 7.48. The highest BCUT2D eigenvalue weighted by Crippen LogP contribution is 2.49. The lowest BCUT2D eigenvalue weighted by molar-refractivity contribution is -0.141. The van der Waals surface area contributed by atoms with Gasteiger partial charge in [-0.1, -0.05) is 25.0 Å². The Labute approximate surface area is 341 Å². The number of fused-ring (bicyclic) bond motifs is 1. The van der Waals surface area contributed by atoms with Crippen LogP contribution in [0.5, 0.6) is 0 Å². The largest absolute Gasteiger partial charge is 0.605 e. The zero-order valence-corrected chi connectivity index (χ0v) is 31.9. The minimum Gasteiger partial charge on any atom is -0.481 e. The molecule has 5 aromatic rings. The third kappa shape index (κ3) is 12.0. The van der Waals surface area contributed by atoms with E-state index in [-0.39, 0.29) is 64.9 Å². The maximum Gasteiger partial charge on any atom is 0.605 e. The number of terminal acetylenes is 2. The van der Waals surface area contributed by atoms with Crippen molar-refractivity contribution in [3.63, 3.8) is 0 Å². The number of carbonyl (C=O) groups is 4. The molecule has 1 atom stereocenters. The van der Waals surface area contributed by atoms with Gasteiger partial charge in [0.2, 0.25) is 5.95 Å². The highest BCUT2D eigenvalue weighted by Gasteiger charge is 2.32. The SMILES string of the molecule is C#COP(=O)(OC#C)OCc1ccc(NC(=O)c2ccc(C(F)(F)F)cc2Nc2nc(=O)c3nc(CNc4ccc(C(=O)N[C@@H](CCC(=O)O)C(=O)O)cc4)cnc3[nH]2)cc1. The van der Waals surface area contributed by atoms with E-state index in [4.69, 9.17) is 22.5 Å². The van der Waals surface area contributed by atoms with E-state index in [9.17, 15) is 46.8 Å². The number of halogens is 3. The number of rotatable bonds is 18. The van der Waals surface area contributed by atoms with E-state index in [1.54, 1.807) is 12.2 Å². The first kappa shape index (κ1) is 44.2. The fraction of sp³-hybridized carbons (Fsp3) is 0.158. The molecule has 0 aliphatic carbocycles. The van der Waals surface area contributed by atoms with E-state index in [0.717, 1.165) is 6.07 Å². The van der Waals surface area contributed by atoms with Crippen molar-refractivity contribution in [1.29, 1.82) is 0 Å². The zero-order chi connectivity index (χ0) is 44.3. The van der Waals surface area contributed by atoms with Crippen molar-refractivity contribution in [2.24, 2.45) is 0 Å². The minimum absolute atomic E-state index is 0.0222. The smallest absolute Gasteiger partial charge is 0.481 e. The lowest BCUT2D eigenvalue weighted by Crippen LogP contribution is -2.41. The number of carboxylic acid groups (broad SMARTS) is 2. The van der Waals surface area contributed by atoms with Crippen molar-refractivity contribution in [2.45, 2.75) is 38.2 Å². The summed E-state index contributed by atoms with van der Waals surface area (Å²) in [6.07, 6.45) is 9.00. The third-order valence-corrected chi connectivity index (χ3v) is 9.22. The average molecular weight is 863 g/mol. The second-order valence-corrected chi connectivity index (χ2v) is 13.9. The number of aromatic nitrogens is 4. The number of H-pyrrole nitrogens is 1. The summed E-state index contributed by atoms with van der Waals surface area (Å²) in [4.78, 5) is 76.2. The first-order valence-electron chi connectivity index (χ1n) is 17.2. The topological polar surface area (TPSA) is 273 Å². The molecule has 7 N–H and O–H groups in total. The van der Waals surface area contributed by atoms with Crippen LogP contribution in [0, 0.1) is 25.1 Å². The second-order valence-electron chi connectivity index (χ2n) is 12.3. The number of carboxylic acids is 2. The average Bonchev–Trinajstić information content (AvgIpc) is 3.21. The Hall–Kier alpha value is -7.94. The molecule has 0 fully saturated rings. The molecule has 0 spiro atoms. The van der Waals surface area contributed by atoms with Crippen LogP contribution >= 0.6 is 7.82 Å². The second kappa shape index (κ2) is 19.2. The molecule has 0 unspecified atom stereocenters. The summed E-state index contributed by atoms with van der Waals surface area (Å²) in [5.74, 6) is -4.55. The summed E-state index contributed by atoms with van der Waals surface area (Å²) in [5.41, 5.74) is -1.54. The Bertz CT molecular complexity index is 2640. The molecule has 2 amide bonds. The summed E-state index contributed by atoms with van der Waals surface area (Å²) < 4.78 is 67.6. The fourth-order valence-electron chi connectivity index (χ4n) is 5.19. The number of anilines is 4. The lowest BCUT2D eigenvalue weighted by atomic mass is 10.1. The number of amides is 2. The molecule has 0 aliphatic heterocycles. The van der Waals surface area contributed by atoms with Crippen molar-refractivity contribution >= 4 is 65.8 Å². The number of nitrogens with zero attached hydrogens (tertiary/aromatic N) is 3. The maximum atomic E-state index is 13.8. The van der Waals surface area contributed by atoms with Gasteiger partial charge in [-0.05, 0) is 66.6 Å². The van der Waals surface area contributed by atoms with E-state index in [1.165, 1.54) is 54.7 Å². The van der Waals surface area contributed by atoms with E-state index in [1.807, 2.05) is 0 Å². The molecule has 2 heterocycles. The normalized spacial score (nSPS) is 11.6. The molecule has 19 nitrogen and oxygen atoms in total. The van der Waals surface area contributed by atoms with Crippen molar-refractivity contribution in [3.8, 4) is 25.1 Å². The van der Waals surface area contributed by atoms with Crippen LogP contribution < -0.4 is 26.8 Å². The Kier molecular flexibility index (Phi) is 13.9. The van der Waals surface area contributed by atoms with Crippen LogP contribution in [0.15, 0.2) is 77.7 Å². The number of nitrogens with one attached hydrogen (secondary N) is 5. The standard InChI is InChI=1S/C38H30F3N8O11P/c1-3-58-61(57,59-4-2)60-20-21-5-10-25(11-6-21)45-34(53)27-14-9-23(38(39,40)41)17-29(27)47-37-48-32-31(35(54)49-37)44-26(19-43-32)18-42-24-12-7-22(8-13-24)33(52)46-28(36(55)56)15-16-30(50)51/h1-2,5-14,17,19,28,42H,15-16,18,20H2,(H,45,53)(H,46,52)(H,50,51)(H,55,56)(H2,43,47,48,49,54)/t28-/m0/s1. The van der Waals surface area contributed by atoms with Crippen molar-refractivity contribution < 1.29 is 60.7 Å². The van der Waals surface area contributed by atoms with Crippen LogP contribution in [-0.4, -0.2) is 59.9 Å². The molecule has 2 aromatic heterocycles. The van der Waals surface area contributed by atoms with Crippen LogP contribution in [0.2, 0.25) is 0 Å². The monoisotopic (exact) mass is 862 g/mol. The van der Waals surface area contributed by atoms with E-state index < -0.39 is 61.3 Å². The Balaban J connectivity index is 1.27. The van der Waals surface area contributed by atoms with E-state index >= 15 is 0 Å². The lowest BCUT2D eigenvalue weighted by Gasteiger charge is -2.15. The Morgan fingerprint density at radius 3 is 2.21 bits per heavy atom. The molecule has 0 saturated carbocycles. The van der Waals surface area contributed by atoms with Gasteiger partial charge >= 0.3 is 31.5 Å². The predicted octanol–water partition coefficient (Wildman–Crippen LogP) is 5.23. The van der Waals surface area contributed by atoms with Gasteiger partial charge < -0.3 is 45.5 Å². The van der Waals surface area contributed by atoms with Crippen molar-refractivity contribution in [2.75, 3.05) is 16.0 Å². The molecule has 23 heteroatoms. The molecular formula is C38H30F3N8O11P. The van der Waals surface area contributed by atoms with Gasteiger partial charge in [-0.25, -0.2) is 19.3 Å². The first-order valence-corrected chi connectivity index (χ1v) is 18.7. The highest BCUT2D eigenvalue weighted by atomic mass is 31.2.